The van der Waals surface area contributed by atoms with E-state index in [1.807, 2.05) is 0 Å². The molecule has 2 atom stereocenters. The maximum Gasteiger partial charge on any atom is 0.110 e. The zero-order valence-corrected chi connectivity index (χ0v) is 11.9. The van der Waals surface area contributed by atoms with Crippen LogP contribution in [0.2, 0.25) is 0 Å². The molecule has 0 saturated heterocycles. The maximum atomic E-state index is 6.04. The summed E-state index contributed by atoms with van der Waals surface area (Å²) >= 11 is 0. The molecule has 1 aromatic rings. The summed E-state index contributed by atoms with van der Waals surface area (Å²) in [5, 5.41) is 0. The molecule has 4 fully saturated rings. The molecule has 1 heterocycles. The first-order chi connectivity index (χ1) is 9.20. The number of hydrogen-bond donors (Lipinski definition) is 1. The molecule has 0 aromatic carbocycles. The maximum absolute atomic E-state index is 6.04. The fourth-order valence-corrected chi connectivity index (χ4v) is 5.81. The van der Waals surface area contributed by atoms with Crippen LogP contribution in [-0.2, 0) is 5.41 Å². The van der Waals surface area contributed by atoms with Gasteiger partial charge in [0, 0.05) is 5.41 Å². The fourth-order valence-electron chi connectivity index (χ4n) is 5.81. The first-order valence-corrected chi connectivity index (χ1v) is 7.97. The predicted molar refractivity (Wildman–Crippen MR) is 75.8 cm³/mol. The molecule has 0 radical (unpaired) electrons. The molecule has 0 aliphatic heterocycles. The van der Waals surface area contributed by atoms with Crippen molar-refractivity contribution < 1.29 is 4.42 Å². The number of hydrogen-bond acceptors (Lipinski definition) is 2. The van der Waals surface area contributed by atoms with E-state index in [1.54, 1.807) is 0 Å². The van der Waals surface area contributed by atoms with Crippen LogP contribution in [0.3, 0.4) is 0 Å². The molecule has 104 valence electrons. The van der Waals surface area contributed by atoms with E-state index in [0.717, 1.165) is 36.0 Å². The first-order valence-electron chi connectivity index (χ1n) is 7.97. The van der Waals surface area contributed by atoms with Gasteiger partial charge in [0.1, 0.15) is 11.5 Å². The van der Waals surface area contributed by atoms with E-state index in [1.165, 1.54) is 44.3 Å². The molecule has 2 N–H and O–H groups in total. The van der Waals surface area contributed by atoms with Crippen molar-refractivity contribution in [3.63, 3.8) is 0 Å². The smallest absolute Gasteiger partial charge is 0.110 e. The third kappa shape index (κ3) is 1.72. The van der Waals surface area contributed by atoms with Gasteiger partial charge in [0.25, 0.3) is 0 Å². The van der Waals surface area contributed by atoms with Gasteiger partial charge in [-0.3, -0.25) is 0 Å². The normalized spacial score (nSPS) is 43.9. The largest absolute Gasteiger partial charge is 0.466 e. The minimum absolute atomic E-state index is 0.385. The van der Waals surface area contributed by atoms with Gasteiger partial charge in [-0.15, -0.1) is 0 Å². The zero-order valence-electron chi connectivity index (χ0n) is 11.9. The number of nitrogens with two attached hydrogens (primary N) is 1. The van der Waals surface area contributed by atoms with Crippen LogP contribution in [0.4, 0.5) is 0 Å². The molecule has 2 heteroatoms. The second-order valence-electron chi connectivity index (χ2n) is 7.40. The lowest BCUT2D eigenvalue weighted by molar-refractivity contribution is -0.0654. The van der Waals surface area contributed by atoms with Crippen LogP contribution >= 0.6 is 0 Å². The molecule has 4 aliphatic rings. The quantitative estimate of drug-likeness (QED) is 0.900. The van der Waals surface area contributed by atoms with Crippen molar-refractivity contribution in [3.05, 3.63) is 23.7 Å². The van der Waals surface area contributed by atoms with Crippen LogP contribution in [0.5, 0.6) is 0 Å². The zero-order chi connectivity index (χ0) is 13.0. The van der Waals surface area contributed by atoms with Gasteiger partial charge in [0.05, 0.1) is 0 Å². The number of furan rings is 1. The third-order valence-corrected chi connectivity index (χ3v) is 6.23. The summed E-state index contributed by atoms with van der Waals surface area (Å²) in [5.41, 5.74) is 6.22. The van der Waals surface area contributed by atoms with E-state index < -0.39 is 0 Å². The van der Waals surface area contributed by atoms with Crippen molar-refractivity contribution in [2.24, 2.45) is 29.4 Å². The van der Waals surface area contributed by atoms with Crippen molar-refractivity contribution >= 4 is 0 Å². The summed E-state index contributed by atoms with van der Waals surface area (Å²) in [6.45, 7) is 2.94. The summed E-state index contributed by atoms with van der Waals surface area (Å²) in [6, 6.07) is 4.39. The summed E-state index contributed by atoms with van der Waals surface area (Å²) in [6.07, 6.45) is 8.26. The molecule has 4 saturated carbocycles. The summed E-state index contributed by atoms with van der Waals surface area (Å²) < 4.78 is 6.04. The Hall–Kier alpha value is -0.760. The molecule has 0 spiro atoms. The molecule has 2 nitrogen and oxygen atoms in total. The summed E-state index contributed by atoms with van der Waals surface area (Å²) in [4.78, 5) is 0. The second-order valence-corrected chi connectivity index (χ2v) is 7.40. The van der Waals surface area contributed by atoms with Gasteiger partial charge in [0.15, 0.2) is 0 Å². The molecule has 5 rings (SSSR count). The SMILES string of the molecule is Cc1ccc(C23CC4CC(C2)C(CCN)C(C4)C3)o1. The Morgan fingerprint density at radius 3 is 2.53 bits per heavy atom. The van der Waals surface area contributed by atoms with Crippen molar-refractivity contribution in [2.75, 3.05) is 6.54 Å². The number of aryl methyl sites for hydroxylation is 1. The van der Waals surface area contributed by atoms with Gasteiger partial charge >= 0.3 is 0 Å². The Kier molecular flexibility index (Phi) is 2.60. The Balaban J connectivity index is 1.67. The van der Waals surface area contributed by atoms with Gasteiger partial charge in [-0.1, -0.05) is 0 Å². The average Bonchev–Trinajstić information content (AvgIpc) is 2.80. The third-order valence-electron chi connectivity index (χ3n) is 6.23. The lowest BCUT2D eigenvalue weighted by Gasteiger charge is -2.59. The fraction of sp³-hybridized carbons (Fsp3) is 0.765. The molecule has 4 bridgehead atoms. The second kappa shape index (κ2) is 4.12. The van der Waals surface area contributed by atoms with Crippen LogP contribution in [0.1, 0.15) is 50.0 Å². The first kappa shape index (κ1) is 12.0. The van der Waals surface area contributed by atoms with E-state index in [4.69, 9.17) is 10.2 Å². The van der Waals surface area contributed by atoms with Crippen LogP contribution in [0, 0.1) is 30.6 Å². The van der Waals surface area contributed by atoms with E-state index in [-0.39, 0.29) is 0 Å². The van der Waals surface area contributed by atoms with Crippen LogP contribution in [-0.4, -0.2) is 6.54 Å². The van der Waals surface area contributed by atoms with E-state index >= 15 is 0 Å². The summed E-state index contributed by atoms with van der Waals surface area (Å²) in [5.74, 6) is 6.06. The molecule has 19 heavy (non-hydrogen) atoms. The van der Waals surface area contributed by atoms with Crippen LogP contribution in [0.15, 0.2) is 16.5 Å². The lowest BCUT2D eigenvalue weighted by atomic mass is 9.45. The van der Waals surface area contributed by atoms with Gasteiger partial charge in [-0.05, 0) is 87.8 Å². The van der Waals surface area contributed by atoms with Crippen molar-refractivity contribution in [1.29, 1.82) is 0 Å². The van der Waals surface area contributed by atoms with Gasteiger partial charge in [0.2, 0.25) is 0 Å². The molecular formula is C17H25NO. The van der Waals surface area contributed by atoms with E-state index in [0.29, 0.717) is 5.41 Å². The Morgan fingerprint density at radius 1 is 1.21 bits per heavy atom. The molecular weight excluding hydrogens is 234 g/mol. The monoisotopic (exact) mass is 259 g/mol. The highest BCUT2D eigenvalue weighted by Crippen LogP contribution is 2.63. The van der Waals surface area contributed by atoms with Crippen LogP contribution in [0.25, 0.3) is 0 Å². The number of rotatable bonds is 3. The van der Waals surface area contributed by atoms with Crippen molar-refractivity contribution in [2.45, 2.75) is 50.9 Å². The Labute approximate surface area is 115 Å². The lowest BCUT2D eigenvalue weighted by Crippen LogP contribution is -2.53. The molecule has 2 unspecified atom stereocenters. The van der Waals surface area contributed by atoms with E-state index in [2.05, 4.69) is 19.1 Å². The standard InChI is InChI=1S/C17H25NO/c1-11-2-3-16(19-11)17-8-12-6-13(9-17)15(4-5-18)14(7-12)10-17/h2-3,12-15H,4-10,18H2,1H3. The molecule has 0 amide bonds. The van der Waals surface area contributed by atoms with Gasteiger partial charge < -0.3 is 10.2 Å². The minimum Gasteiger partial charge on any atom is -0.466 e. The minimum atomic E-state index is 0.385. The van der Waals surface area contributed by atoms with Gasteiger partial charge in [-0.25, -0.2) is 0 Å². The highest BCUT2D eigenvalue weighted by Gasteiger charge is 2.56. The highest BCUT2D eigenvalue weighted by molar-refractivity contribution is 5.23. The molecule has 1 aromatic heterocycles. The topological polar surface area (TPSA) is 39.2 Å². The van der Waals surface area contributed by atoms with Crippen LogP contribution < -0.4 is 5.73 Å². The van der Waals surface area contributed by atoms with Gasteiger partial charge in [-0.2, -0.15) is 0 Å². The molecule has 4 aliphatic carbocycles. The Bertz CT molecular complexity index is 461. The van der Waals surface area contributed by atoms with Crippen molar-refractivity contribution in [1.82, 2.24) is 0 Å². The van der Waals surface area contributed by atoms with Crippen molar-refractivity contribution in [3.8, 4) is 0 Å². The average molecular weight is 259 g/mol. The summed E-state index contributed by atoms with van der Waals surface area (Å²) in [7, 11) is 0. The highest BCUT2D eigenvalue weighted by atomic mass is 16.3. The Morgan fingerprint density at radius 2 is 1.95 bits per heavy atom. The predicted octanol–water partition coefficient (Wildman–Crippen LogP) is 3.63. The van der Waals surface area contributed by atoms with E-state index in [9.17, 15) is 0 Å².